The molecule has 4 nitrogen and oxygen atoms in total. The van der Waals surface area contributed by atoms with E-state index in [-0.39, 0.29) is 17.7 Å². The molecule has 3 rings (SSSR count). The van der Waals surface area contributed by atoms with Crippen molar-refractivity contribution in [2.45, 2.75) is 39.2 Å². The van der Waals surface area contributed by atoms with E-state index in [0.717, 1.165) is 18.7 Å². The van der Waals surface area contributed by atoms with Crippen molar-refractivity contribution in [1.29, 1.82) is 0 Å². The van der Waals surface area contributed by atoms with Crippen LogP contribution in [0.15, 0.2) is 24.3 Å². The Morgan fingerprint density at radius 2 is 2.00 bits per heavy atom. The Hall–Kier alpha value is -1.84. The van der Waals surface area contributed by atoms with Crippen LogP contribution in [0.1, 0.15) is 43.5 Å². The van der Waals surface area contributed by atoms with Gasteiger partial charge in [0.25, 0.3) is 5.91 Å². The molecule has 0 aromatic heterocycles. The van der Waals surface area contributed by atoms with Crippen molar-refractivity contribution in [3.8, 4) is 0 Å². The number of amides is 2. The van der Waals surface area contributed by atoms with Crippen LogP contribution in [-0.2, 0) is 4.79 Å². The van der Waals surface area contributed by atoms with Gasteiger partial charge in [-0.15, -0.1) is 0 Å². The number of carbonyl (C=O) groups is 2. The summed E-state index contributed by atoms with van der Waals surface area (Å²) in [6.07, 6.45) is 3.23. The zero-order valence-corrected chi connectivity index (χ0v) is 12.6. The van der Waals surface area contributed by atoms with Crippen molar-refractivity contribution in [1.82, 2.24) is 5.32 Å². The highest BCUT2D eigenvalue weighted by atomic mass is 16.2. The number of nitrogens with zero attached hydrogens (tertiary/aromatic N) is 1. The molecule has 0 saturated heterocycles. The second-order valence-electron chi connectivity index (χ2n) is 6.25. The number of nitrogens with one attached hydrogen (secondary N) is 1. The van der Waals surface area contributed by atoms with Gasteiger partial charge < -0.3 is 10.2 Å². The zero-order valence-electron chi connectivity index (χ0n) is 12.6. The van der Waals surface area contributed by atoms with Gasteiger partial charge >= 0.3 is 0 Å². The van der Waals surface area contributed by atoms with Crippen molar-refractivity contribution >= 4 is 17.5 Å². The third-order valence-electron chi connectivity index (χ3n) is 4.61. The van der Waals surface area contributed by atoms with E-state index in [1.54, 1.807) is 6.07 Å². The molecule has 1 heterocycles. The number of hydrogen-bond acceptors (Lipinski definition) is 2. The van der Waals surface area contributed by atoms with Gasteiger partial charge in [-0.2, -0.15) is 0 Å². The average molecular weight is 286 g/mol. The van der Waals surface area contributed by atoms with Crippen LogP contribution in [0.4, 0.5) is 5.69 Å². The standard InChI is InChI=1S/C17H22N2O2/c1-3-11(2)15-17(21)19(10-12-8-9-12)14-7-5-4-6-13(14)16(20)18-15/h4-7,11-12,15H,3,8-10H2,1-2H3,(H,18,20). The molecule has 1 aromatic carbocycles. The lowest BCUT2D eigenvalue weighted by molar-refractivity contribution is -0.121. The molecular weight excluding hydrogens is 264 g/mol. The molecule has 21 heavy (non-hydrogen) atoms. The molecule has 1 aliphatic carbocycles. The molecule has 0 bridgehead atoms. The van der Waals surface area contributed by atoms with Gasteiger partial charge in [0.1, 0.15) is 6.04 Å². The number of carbonyl (C=O) groups excluding carboxylic acids is 2. The summed E-state index contributed by atoms with van der Waals surface area (Å²) in [5, 5.41) is 2.93. The van der Waals surface area contributed by atoms with Gasteiger partial charge in [-0.1, -0.05) is 32.4 Å². The van der Waals surface area contributed by atoms with Crippen LogP contribution in [0.25, 0.3) is 0 Å². The number of hydrogen-bond donors (Lipinski definition) is 1. The molecule has 1 N–H and O–H groups in total. The van der Waals surface area contributed by atoms with E-state index in [1.807, 2.05) is 36.9 Å². The molecule has 2 amide bonds. The monoisotopic (exact) mass is 286 g/mol. The lowest BCUT2D eigenvalue weighted by atomic mass is 9.98. The highest BCUT2D eigenvalue weighted by molar-refractivity contribution is 6.11. The Bertz CT molecular complexity index is 566. The molecule has 112 valence electrons. The largest absolute Gasteiger partial charge is 0.340 e. The summed E-state index contributed by atoms with van der Waals surface area (Å²) in [6.45, 7) is 4.80. The van der Waals surface area contributed by atoms with E-state index in [0.29, 0.717) is 11.5 Å². The molecule has 0 radical (unpaired) electrons. The number of fused-ring (bicyclic) bond motifs is 1. The van der Waals surface area contributed by atoms with Gasteiger partial charge in [-0.3, -0.25) is 9.59 Å². The lowest BCUT2D eigenvalue weighted by Gasteiger charge is -2.28. The minimum Gasteiger partial charge on any atom is -0.340 e. The van der Waals surface area contributed by atoms with Crippen LogP contribution < -0.4 is 10.2 Å². The first kappa shape index (κ1) is 14.1. The lowest BCUT2D eigenvalue weighted by Crippen LogP contribution is -2.49. The fraction of sp³-hybridized carbons (Fsp3) is 0.529. The summed E-state index contributed by atoms with van der Waals surface area (Å²) in [4.78, 5) is 27.2. The van der Waals surface area contributed by atoms with Gasteiger partial charge in [0.05, 0.1) is 11.3 Å². The number of anilines is 1. The maximum absolute atomic E-state index is 12.9. The second kappa shape index (κ2) is 5.51. The zero-order chi connectivity index (χ0) is 15.0. The third-order valence-corrected chi connectivity index (χ3v) is 4.61. The normalized spacial score (nSPS) is 23.3. The van der Waals surface area contributed by atoms with Crippen molar-refractivity contribution < 1.29 is 9.59 Å². The maximum Gasteiger partial charge on any atom is 0.254 e. The van der Waals surface area contributed by atoms with Gasteiger partial charge in [-0.05, 0) is 36.8 Å². The molecule has 2 aliphatic rings. The first-order valence-electron chi connectivity index (χ1n) is 7.83. The molecule has 1 fully saturated rings. The minimum atomic E-state index is -0.423. The Morgan fingerprint density at radius 1 is 1.29 bits per heavy atom. The smallest absolute Gasteiger partial charge is 0.254 e. The van der Waals surface area contributed by atoms with Crippen LogP contribution in [-0.4, -0.2) is 24.4 Å². The molecule has 4 heteroatoms. The van der Waals surface area contributed by atoms with Crippen molar-refractivity contribution in [2.24, 2.45) is 11.8 Å². The average Bonchev–Trinajstić information content (AvgIpc) is 3.32. The molecule has 1 aromatic rings. The van der Waals surface area contributed by atoms with E-state index < -0.39 is 6.04 Å². The van der Waals surface area contributed by atoms with Crippen LogP contribution in [0.5, 0.6) is 0 Å². The van der Waals surface area contributed by atoms with Crippen LogP contribution in [0.3, 0.4) is 0 Å². The highest BCUT2D eigenvalue weighted by Gasteiger charge is 2.38. The van der Waals surface area contributed by atoms with Gasteiger partial charge in [0.15, 0.2) is 0 Å². The van der Waals surface area contributed by atoms with E-state index in [9.17, 15) is 9.59 Å². The summed E-state index contributed by atoms with van der Waals surface area (Å²) in [5.74, 6) is 0.627. The summed E-state index contributed by atoms with van der Waals surface area (Å²) in [6, 6.07) is 7.00. The van der Waals surface area contributed by atoms with E-state index in [2.05, 4.69) is 5.32 Å². The summed E-state index contributed by atoms with van der Waals surface area (Å²) >= 11 is 0. The molecule has 0 spiro atoms. The van der Waals surface area contributed by atoms with Crippen LogP contribution in [0, 0.1) is 11.8 Å². The van der Waals surface area contributed by atoms with Crippen molar-refractivity contribution in [3.63, 3.8) is 0 Å². The first-order chi connectivity index (χ1) is 10.1. The highest BCUT2D eigenvalue weighted by Crippen LogP contribution is 2.34. The quantitative estimate of drug-likeness (QED) is 0.925. The summed E-state index contributed by atoms with van der Waals surface area (Å²) < 4.78 is 0. The van der Waals surface area contributed by atoms with Gasteiger partial charge in [0, 0.05) is 6.54 Å². The molecule has 1 saturated carbocycles. The predicted molar refractivity (Wildman–Crippen MR) is 82.2 cm³/mol. The second-order valence-corrected chi connectivity index (χ2v) is 6.25. The number of benzene rings is 1. The SMILES string of the molecule is CCC(C)C1NC(=O)c2ccccc2N(CC2CC2)C1=O. The van der Waals surface area contributed by atoms with Crippen molar-refractivity contribution in [3.05, 3.63) is 29.8 Å². The number of rotatable bonds is 4. The first-order valence-corrected chi connectivity index (χ1v) is 7.83. The fourth-order valence-electron chi connectivity index (χ4n) is 2.84. The van der Waals surface area contributed by atoms with E-state index in [4.69, 9.17) is 0 Å². The Balaban J connectivity index is 2.01. The predicted octanol–water partition coefficient (Wildman–Crippen LogP) is 2.59. The topological polar surface area (TPSA) is 49.4 Å². The summed E-state index contributed by atoms with van der Waals surface area (Å²) in [5.41, 5.74) is 1.37. The van der Waals surface area contributed by atoms with Gasteiger partial charge in [0.2, 0.25) is 5.91 Å². The van der Waals surface area contributed by atoms with Crippen LogP contribution >= 0.6 is 0 Å². The molecule has 2 atom stereocenters. The summed E-state index contributed by atoms with van der Waals surface area (Å²) in [7, 11) is 0. The minimum absolute atomic E-state index is 0.0366. The Morgan fingerprint density at radius 3 is 2.67 bits per heavy atom. The van der Waals surface area contributed by atoms with Crippen LogP contribution in [0.2, 0.25) is 0 Å². The Labute approximate surface area is 125 Å². The van der Waals surface area contributed by atoms with E-state index >= 15 is 0 Å². The number of para-hydroxylation sites is 1. The maximum atomic E-state index is 12.9. The molecule has 1 aliphatic heterocycles. The molecule has 2 unspecified atom stereocenters. The third kappa shape index (κ3) is 2.67. The van der Waals surface area contributed by atoms with Crippen molar-refractivity contribution in [2.75, 3.05) is 11.4 Å². The van der Waals surface area contributed by atoms with Gasteiger partial charge in [-0.25, -0.2) is 0 Å². The fourth-order valence-corrected chi connectivity index (χ4v) is 2.84. The molecular formula is C17H22N2O2. The Kier molecular flexibility index (Phi) is 3.70. The van der Waals surface area contributed by atoms with E-state index in [1.165, 1.54) is 12.8 Å².